The summed E-state index contributed by atoms with van der Waals surface area (Å²) in [6.45, 7) is 10.2. The predicted octanol–water partition coefficient (Wildman–Crippen LogP) is 4.90. The van der Waals surface area contributed by atoms with Crippen LogP contribution < -0.4 is 5.32 Å². The number of aromatic nitrogens is 2. The number of nitrogens with zero attached hydrogens (tertiary/aromatic N) is 3. The number of allylic oxidation sites excluding steroid dienone is 2. The van der Waals surface area contributed by atoms with Crippen molar-refractivity contribution in [3.8, 4) is 0 Å². The van der Waals surface area contributed by atoms with Gasteiger partial charge in [-0.2, -0.15) is 0 Å². The molecule has 1 aliphatic carbocycles. The largest absolute Gasteiger partial charge is 0.363 e. The molecule has 0 atom stereocenters. The SMILES string of the molecule is [C-]#[N+]c1cnc(C(=O)Nc2ccc(C3CCN(C(C)=O)CC3)cc2C2=CCCCC2)[nH]1. The minimum Gasteiger partial charge on any atom is -0.363 e. The number of carbonyl (C=O) groups excluding carboxylic acids is 2. The molecule has 2 N–H and O–H groups in total. The lowest BCUT2D eigenvalue weighted by molar-refractivity contribution is -0.129. The van der Waals surface area contributed by atoms with Crippen molar-refractivity contribution in [3.63, 3.8) is 0 Å². The number of hydrogen-bond donors (Lipinski definition) is 2. The normalized spacial score (nSPS) is 17.0. The molecule has 1 aliphatic heterocycles. The Morgan fingerprint density at radius 1 is 1.26 bits per heavy atom. The second kappa shape index (κ2) is 9.17. The van der Waals surface area contributed by atoms with Gasteiger partial charge in [0.25, 0.3) is 5.82 Å². The summed E-state index contributed by atoms with van der Waals surface area (Å²) in [6.07, 6.45) is 9.94. The van der Waals surface area contributed by atoms with Crippen molar-refractivity contribution in [2.45, 2.75) is 51.4 Å². The number of H-pyrrole nitrogens is 1. The summed E-state index contributed by atoms with van der Waals surface area (Å²) in [5, 5.41) is 2.98. The number of imidazole rings is 1. The Kier molecular flexibility index (Phi) is 6.17. The average molecular weight is 418 g/mol. The van der Waals surface area contributed by atoms with E-state index in [-0.39, 0.29) is 23.5 Å². The Bertz CT molecular complexity index is 1050. The fourth-order valence-electron chi connectivity index (χ4n) is 4.47. The molecule has 31 heavy (non-hydrogen) atoms. The Balaban J connectivity index is 1.59. The first-order valence-electron chi connectivity index (χ1n) is 10.9. The second-order valence-electron chi connectivity index (χ2n) is 8.24. The van der Waals surface area contributed by atoms with E-state index in [2.05, 4.69) is 38.3 Å². The van der Waals surface area contributed by atoms with Gasteiger partial charge in [0.1, 0.15) is 0 Å². The second-order valence-corrected chi connectivity index (χ2v) is 8.24. The van der Waals surface area contributed by atoms with Crippen LogP contribution in [0.25, 0.3) is 10.4 Å². The molecule has 1 saturated heterocycles. The molecule has 1 aromatic carbocycles. The van der Waals surface area contributed by atoms with Gasteiger partial charge in [0, 0.05) is 31.3 Å². The van der Waals surface area contributed by atoms with E-state index in [0.29, 0.717) is 5.92 Å². The highest BCUT2D eigenvalue weighted by Crippen LogP contribution is 2.36. The quantitative estimate of drug-likeness (QED) is 0.695. The zero-order chi connectivity index (χ0) is 21.8. The molecule has 7 nitrogen and oxygen atoms in total. The summed E-state index contributed by atoms with van der Waals surface area (Å²) in [6, 6.07) is 6.28. The molecule has 160 valence electrons. The lowest BCUT2D eigenvalue weighted by Gasteiger charge is -2.32. The van der Waals surface area contributed by atoms with Crippen LogP contribution in [-0.2, 0) is 4.79 Å². The van der Waals surface area contributed by atoms with E-state index in [1.54, 1.807) is 6.92 Å². The topological polar surface area (TPSA) is 82.4 Å². The molecule has 1 aromatic heterocycles. The highest BCUT2D eigenvalue weighted by Gasteiger charge is 2.24. The Morgan fingerprint density at radius 3 is 2.71 bits per heavy atom. The van der Waals surface area contributed by atoms with Crippen molar-refractivity contribution in [1.82, 2.24) is 14.9 Å². The Hall–Kier alpha value is -3.40. The number of carbonyl (C=O) groups is 2. The summed E-state index contributed by atoms with van der Waals surface area (Å²) in [7, 11) is 0. The lowest BCUT2D eigenvalue weighted by atomic mass is 9.85. The number of likely N-dealkylation sites (tertiary alicyclic amines) is 1. The fourth-order valence-corrected chi connectivity index (χ4v) is 4.47. The number of rotatable bonds is 4. The first-order valence-corrected chi connectivity index (χ1v) is 10.9. The summed E-state index contributed by atoms with van der Waals surface area (Å²) < 4.78 is 0. The molecule has 2 aromatic rings. The van der Waals surface area contributed by atoms with Crippen molar-refractivity contribution >= 4 is 28.9 Å². The third-order valence-corrected chi connectivity index (χ3v) is 6.24. The molecule has 2 amide bonds. The maximum absolute atomic E-state index is 12.7. The maximum Gasteiger partial charge on any atom is 0.314 e. The number of aromatic amines is 1. The fraction of sp³-hybridized carbons (Fsp3) is 0.417. The molecule has 0 radical (unpaired) electrons. The molecule has 1 fully saturated rings. The highest BCUT2D eigenvalue weighted by atomic mass is 16.2. The zero-order valence-corrected chi connectivity index (χ0v) is 17.8. The molecule has 2 heterocycles. The molecule has 2 aliphatic rings. The van der Waals surface area contributed by atoms with Crippen LogP contribution in [0.3, 0.4) is 0 Å². The van der Waals surface area contributed by atoms with Gasteiger partial charge in [-0.1, -0.05) is 18.7 Å². The molecule has 0 bridgehead atoms. The minimum atomic E-state index is -0.352. The van der Waals surface area contributed by atoms with Crippen LogP contribution >= 0.6 is 0 Å². The number of amides is 2. The molecule has 4 rings (SSSR count). The third-order valence-electron chi connectivity index (χ3n) is 6.24. The van der Waals surface area contributed by atoms with E-state index in [9.17, 15) is 9.59 Å². The number of nitrogens with one attached hydrogen (secondary N) is 2. The molecule has 0 saturated carbocycles. The average Bonchev–Trinajstić information content (AvgIpc) is 3.29. The molecular weight excluding hydrogens is 390 g/mol. The van der Waals surface area contributed by atoms with Gasteiger partial charge in [0.05, 0.1) is 6.20 Å². The predicted molar refractivity (Wildman–Crippen MR) is 120 cm³/mol. The zero-order valence-electron chi connectivity index (χ0n) is 17.8. The number of anilines is 1. The lowest BCUT2D eigenvalue weighted by Crippen LogP contribution is -2.36. The van der Waals surface area contributed by atoms with E-state index in [1.807, 2.05) is 11.0 Å². The Morgan fingerprint density at radius 2 is 2.06 bits per heavy atom. The van der Waals surface area contributed by atoms with Gasteiger partial charge in [-0.3, -0.25) is 14.6 Å². The molecule has 0 spiro atoms. The number of piperidine rings is 1. The summed E-state index contributed by atoms with van der Waals surface area (Å²) in [4.78, 5) is 36.3. The van der Waals surface area contributed by atoms with E-state index in [0.717, 1.165) is 56.4 Å². The van der Waals surface area contributed by atoms with E-state index < -0.39 is 0 Å². The van der Waals surface area contributed by atoms with Crippen molar-refractivity contribution in [2.24, 2.45) is 0 Å². The van der Waals surface area contributed by atoms with Crippen LogP contribution in [0.4, 0.5) is 11.5 Å². The summed E-state index contributed by atoms with van der Waals surface area (Å²) in [5.74, 6) is 0.580. The van der Waals surface area contributed by atoms with Crippen molar-refractivity contribution in [3.05, 3.63) is 58.8 Å². The molecule has 7 heteroatoms. The van der Waals surface area contributed by atoms with Gasteiger partial charge in [0.2, 0.25) is 11.7 Å². The Labute approximate surface area is 182 Å². The van der Waals surface area contributed by atoms with Gasteiger partial charge < -0.3 is 15.1 Å². The van der Waals surface area contributed by atoms with Gasteiger partial charge in [-0.15, -0.1) is 0 Å². The highest BCUT2D eigenvalue weighted by molar-refractivity contribution is 6.03. The van der Waals surface area contributed by atoms with Crippen LogP contribution in [0.15, 0.2) is 30.5 Å². The first kappa shape index (κ1) is 20.9. The third kappa shape index (κ3) is 4.69. The molecule has 0 unspecified atom stereocenters. The van der Waals surface area contributed by atoms with E-state index >= 15 is 0 Å². The van der Waals surface area contributed by atoms with Crippen molar-refractivity contribution < 1.29 is 9.59 Å². The van der Waals surface area contributed by atoms with Gasteiger partial charge in [-0.05, 0) is 67.7 Å². The standard InChI is InChI=1S/C24H27N5O2/c1-16(30)29-12-10-17(11-13-29)19-8-9-21(20(14-19)18-6-4-3-5-7-18)27-24(31)23-26-15-22(25-2)28-23/h6,8-9,14-15,17H,3-5,7,10-13H2,1H3,(H,26,28)(H,27,31). The van der Waals surface area contributed by atoms with Gasteiger partial charge in [0.15, 0.2) is 0 Å². The smallest absolute Gasteiger partial charge is 0.314 e. The number of hydrogen-bond acceptors (Lipinski definition) is 3. The monoisotopic (exact) mass is 417 g/mol. The first-order chi connectivity index (χ1) is 15.0. The van der Waals surface area contributed by atoms with Gasteiger partial charge in [-0.25, -0.2) is 4.98 Å². The van der Waals surface area contributed by atoms with E-state index in [4.69, 9.17) is 6.57 Å². The van der Waals surface area contributed by atoms with Crippen molar-refractivity contribution in [2.75, 3.05) is 18.4 Å². The van der Waals surface area contributed by atoms with E-state index in [1.165, 1.54) is 23.8 Å². The summed E-state index contributed by atoms with van der Waals surface area (Å²) >= 11 is 0. The van der Waals surface area contributed by atoms with Crippen molar-refractivity contribution in [1.29, 1.82) is 0 Å². The van der Waals surface area contributed by atoms with Crippen LogP contribution in [0.1, 0.15) is 73.1 Å². The van der Waals surface area contributed by atoms with Crippen LogP contribution in [0, 0.1) is 6.57 Å². The van der Waals surface area contributed by atoms with Gasteiger partial charge >= 0.3 is 5.91 Å². The van der Waals surface area contributed by atoms with Crippen LogP contribution in [-0.4, -0.2) is 39.8 Å². The molecular formula is C24H27N5O2. The maximum atomic E-state index is 12.7. The number of benzene rings is 1. The minimum absolute atomic E-state index is 0.134. The van der Waals surface area contributed by atoms with Crippen LogP contribution in [0.2, 0.25) is 0 Å². The van der Waals surface area contributed by atoms with Crippen LogP contribution in [0.5, 0.6) is 0 Å². The summed E-state index contributed by atoms with van der Waals surface area (Å²) in [5.41, 5.74) is 4.36.